The molecule has 2 N–H and O–H groups in total. The first kappa shape index (κ1) is 12.9. The van der Waals surface area contributed by atoms with E-state index in [1.54, 1.807) is 0 Å². The smallest absolute Gasteiger partial charge is 0.404 e. The number of hydrogen-bond donors (Lipinski definition) is 2. The van der Waals surface area contributed by atoms with Crippen molar-refractivity contribution in [2.24, 2.45) is 5.92 Å². The van der Waals surface area contributed by atoms with Crippen molar-refractivity contribution in [3.05, 3.63) is 10.0 Å². The van der Waals surface area contributed by atoms with E-state index in [0.29, 0.717) is 12.3 Å². The van der Waals surface area contributed by atoms with Crippen molar-refractivity contribution in [1.82, 2.24) is 15.5 Å². The molecule has 0 fully saturated rings. The van der Waals surface area contributed by atoms with Crippen LogP contribution in [0.3, 0.4) is 0 Å². The van der Waals surface area contributed by atoms with Crippen LogP contribution in [0.15, 0.2) is 0 Å². The number of carboxylic acid groups (broad SMARTS) is 1. The van der Waals surface area contributed by atoms with Gasteiger partial charge in [0.1, 0.15) is 10.0 Å². The summed E-state index contributed by atoms with van der Waals surface area (Å²) in [7, 11) is 0. The summed E-state index contributed by atoms with van der Waals surface area (Å²) in [6, 6.07) is -0.0788. The largest absolute Gasteiger partial charge is 0.465 e. The minimum Gasteiger partial charge on any atom is -0.465 e. The zero-order chi connectivity index (χ0) is 12.1. The number of nitrogens with zero attached hydrogens (tertiary/aromatic N) is 2. The number of hydrogen-bond acceptors (Lipinski definition) is 4. The fraction of sp³-hybridized carbons (Fsp3) is 0.700. The molecule has 1 aromatic heterocycles. The van der Waals surface area contributed by atoms with Gasteiger partial charge in [-0.3, -0.25) is 0 Å². The van der Waals surface area contributed by atoms with Crippen LogP contribution in [0.2, 0.25) is 0 Å². The molecule has 0 radical (unpaired) electrons. The summed E-state index contributed by atoms with van der Waals surface area (Å²) in [4.78, 5) is 10.6. The second-order valence-corrected chi connectivity index (χ2v) is 5.46. The van der Waals surface area contributed by atoms with Gasteiger partial charge in [-0.2, -0.15) is 0 Å². The molecule has 0 aliphatic heterocycles. The molecular formula is C10H17N3O2S. The first-order valence-corrected chi connectivity index (χ1v) is 6.07. The maximum atomic E-state index is 10.6. The van der Waals surface area contributed by atoms with E-state index in [0.717, 1.165) is 16.4 Å². The third-order valence-electron chi connectivity index (χ3n) is 2.07. The van der Waals surface area contributed by atoms with Crippen molar-refractivity contribution in [2.75, 3.05) is 0 Å². The van der Waals surface area contributed by atoms with Gasteiger partial charge in [0.05, 0.1) is 0 Å². The Balaban J connectivity index is 2.58. The average molecular weight is 243 g/mol. The fourth-order valence-electron chi connectivity index (χ4n) is 1.57. The summed E-state index contributed by atoms with van der Waals surface area (Å²) < 4.78 is 0. The molecule has 16 heavy (non-hydrogen) atoms. The fourth-order valence-corrected chi connectivity index (χ4v) is 2.36. The van der Waals surface area contributed by atoms with E-state index >= 15 is 0 Å². The van der Waals surface area contributed by atoms with Gasteiger partial charge in [0.2, 0.25) is 0 Å². The van der Waals surface area contributed by atoms with Gasteiger partial charge in [-0.25, -0.2) is 4.79 Å². The predicted octanol–water partition coefficient (Wildman–Crippen LogP) is 2.07. The summed E-state index contributed by atoms with van der Waals surface area (Å²) in [5.74, 6) is 0.450. The number of aromatic nitrogens is 2. The van der Waals surface area contributed by atoms with Gasteiger partial charge in [0.25, 0.3) is 0 Å². The SMILES string of the molecule is Cc1nnc(CC(CC(C)C)NC(=O)O)s1. The summed E-state index contributed by atoms with van der Waals surface area (Å²) >= 11 is 1.52. The molecule has 1 rings (SSSR count). The van der Waals surface area contributed by atoms with Crippen LogP contribution in [0.1, 0.15) is 30.3 Å². The molecular weight excluding hydrogens is 226 g/mol. The highest BCUT2D eigenvalue weighted by atomic mass is 32.1. The molecule has 1 amide bonds. The summed E-state index contributed by atoms with van der Waals surface area (Å²) in [5, 5.41) is 21.0. The molecule has 6 heteroatoms. The lowest BCUT2D eigenvalue weighted by Crippen LogP contribution is -2.36. The van der Waals surface area contributed by atoms with E-state index in [2.05, 4.69) is 29.4 Å². The summed E-state index contributed by atoms with van der Waals surface area (Å²) in [5.41, 5.74) is 0. The zero-order valence-electron chi connectivity index (χ0n) is 9.73. The van der Waals surface area contributed by atoms with Crippen molar-refractivity contribution >= 4 is 17.4 Å². The van der Waals surface area contributed by atoms with E-state index in [-0.39, 0.29) is 6.04 Å². The number of aryl methyl sites for hydroxylation is 1. The van der Waals surface area contributed by atoms with Crippen LogP contribution < -0.4 is 5.32 Å². The lowest BCUT2D eigenvalue weighted by atomic mass is 10.0. The summed E-state index contributed by atoms with van der Waals surface area (Å²) in [6.45, 7) is 6.03. The lowest BCUT2D eigenvalue weighted by molar-refractivity contribution is 0.188. The Morgan fingerprint density at radius 1 is 1.50 bits per heavy atom. The molecule has 0 aromatic carbocycles. The second-order valence-electron chi connectivity index (χ2n) is 4.19. The first-order chi connectivity index (χ1) is 7.47. The van der Waals surface area contributed by atoms with Crippen molar-refractivity contribution < 1.29 is 9.90 Å². The van der Waals surface area contributed by atoms with E-state index < -0.39 is 6.09 Å². The van der Waals surface area contributed by atoms with E-state index in [9.17, 15) is 4.79 Å². The molecule has 0 bridgehead atoms. The van der Waals surface area contributed by atoms with Crippen LogP contribution in [0.5, 0.6) is 0 Å². The van der Waals surface area contributed by atoms with Crippen molar-refractivity contribution in [3.63, 3.8) is 0 Å². The van der Waals surface area contributed by atoms with Crippen LogP contribution in [0.4, 0.5) is 4.79 Å². The van der Waals surface area contributed by atoms with Gasteiger partial charge in [0.15, 0.2) is 0 Å². The van der Waals surface area contributed by atoms with Crippen LogP contribution in [0, 0.1) is 12.8 Å². The molecule has 0 spiro atoms. The van der Waals surface area contributed by atoms with Gasteiger partial charge >= 0.3 is 6.09 Å². The minimum atomic E-state index is -0.980. The lowest BCUT2D eigenvalue weighted by Gasteiger charge is -2.17. The molecule has 0 aliphatic carbocycles. The molecule has 0 saturated heterocycles. The molecule has 1 unspecified atom stereocenters. The van der Waals surface area contributed by atoms with Crippen molar-refractivity contribution in [3.8, 4) is 0 Å². The van der Waals surface area contributed by atoms with Crippen molar-refractivity contribution in [1.29, 1.82) is 0 Å². The van der Waals surface area contributed by atoms with Crippen LogP contribution in [0.25, 0.3) is 0 Å². The molecule has 0 saturated carbocycles. The topological polar surface area (TPSA) is 75.1 Å². The van der Waals surface area contributed by atoms with Gasteiger partial charge in [0, 0.05) is 12.5 Å². The molecule has 0 aliphatic rings. The number of amides is 1. The Kier molecular flexibility index (Phi) is 4.67. The monoisotopic (exact) mass is 243 g/mol. The summed E-state index contributed by atoms with van der Waals surface area (Å²) in [6.07, 6.45) is 0.452. The highest BCUT2D eigenvalue weighted by Crippen LogP contribution is 2.14. The number of rotatable bonds is 5. The van der Waals surface area contributed by atoms with Crippen molar-refractivity contribution in [2.45, 2.75) is 39.7 Å². The second kappa shape index (κ2) is 5.79. The highest BCUT2D eigenvalue weighted by molar-refractivity contribution is 7.11. The number of carbonyl (C=O) groups is 1. The first-order valence-electron chi connectivity index (χ1n) is 5.25. The third kappa shape index (κ3) is 4.57. The Morgan fingerprint density at radius 3 is 2.62 bits per heavy atom. The Labute approximate surface area is 98.9 Å². The van der Waals surface area contributed by atoms with Gasteiger partial charge in [-0.05, 0) is 19.3 Å². The van der Waals surface area contributed by atoms with Crippen LogP contribution >= 0.6 is 11.3 Å². The van der Waals surface area contributed by atoms with Gasteiger partial charge < -0.3 is 10.4 Å². The normalized spacial score (nSPS) is 12.8. The van der Waals surface area contributed by atoms with E-state index in [1.807, 2.05) is 6.92 Å². The molecule has 1 aromatic rings. The third-order valence-corrected chi connectivity index (χ3v) is 2.93. The molecule has 1 heterocycles. The molecule has 1 atom stereocenters. The Morgan fingerprint density at radius 2 is 2.19 bits per heavy atom. The highest BCUT2D eigenvalue weighted by Gasteiger charge is 2.16. The van der Waals surface area contributed by atoms with E-state index in [1.165, 1.54) is 11.3 Å². The maximum absolute atomic E-state index is 10.6. The minimum absolute atomic E-state index is 0.0788. The van der Waals surface area contributed by atoms with Crippen LogP contribution in [-0.4, -0.2) is 27.4 Å². The quantitative estimate of drug-likeness (QED) is 0.830. The standard InChI is InChI=1S/C10H17N3O2S/c1-6(2)4-8(11-10(14)15)5-9-13-12-7(3)16-9/h6,8,11H,4-5H2,1-3H3,(H,14,15). The number of nitrogens with one attached hydrogen (secondary N) is 1. The van der Waals surface area contributed by atoms with Gasteiger partial charge in [-0.1, -0.05) is 13.8 Å². The Bertz CT molecular complexity index is 352. The molecule has 90 valence electrons. The predicted molar refractivity (Wildman–Crippen MR) is 62.8 cm³/mol. The average Bonchev–Trinajstić information content (AvgIpc) is 2.48. The van der Waals surface area contributed by atoms with Gasteiger partial charge in [-0.15, -0.1) is 21.5 Å². The van der Waals surface area contributed by atoms with Crippen LogP contribution in [-0.2, 0) is 6.42 Å². The van der Waals surface area contributed by atoms with E-state index in [4.69, 9.17) is 5.11 Å². The Hall–Kier alpha value is -1.17. The molecule has 5 nitrogen and oxygen atoms in total. The zero-order valence-corrected chi connectivity index (χ0v) is 10.5. The maximum Gasteiger partial charge on any atom is 0.404 e.